The third-order valence-corrected chi connectivity index (χ3v) is 3.37. The summed E-state index contributed by atoms with van der Waals surface area (Å²) in [6.07, 6.45) is 6.89. The van der Waals surface area contributed by atoms with Crippen LogP contribution in [0, 0.1) is 0 Å². The molecule has 5 nitrogen and oxygen atoms in total. The highest BCUT2D eigenvalue weighted by molar-refractivity contribution is 5.83. The van der Waals surface area contributed by atoms with Gasteiger partial charge in [0, 0.05) is 31.3 Å². The van der Waals surface area contributed by atoms with Gasteiger partial charge < -0.3 is 5.32 Å². The molecule has 22 heavy (non-hydrogen) atoms. The zero-order valence-corrected chi connectivity index (χ0v) is 12.0. The Kier molecular flexibility index (Phi) is 4.25. The van der Waals surface area contributed by atoms with Gasteiger partial charge in [0.05, 0.1) is 0 Å². The number of hydrogen-bond acceptors (Lipinski definition) is 3. The van der Waals surface area contributed by atoms with Crippen molar-refractivity contribution in [3.63, 3.8) is 0 Å². The van der Waals surface area contributed by atoms with E-state index in [1.54, 1.807) is 29.5 Å². The van der Waals surface area contributed by atoms with Crippen LogP contribution in [0.5, 0.6) is 0 Å². The number of aromatic nitrogens is 3. The normalized spacial score (nSPS) is 11.8. The Morgan fingerprint density at radius 3 is 2.50 bits per heavy atom. The van der Waals surface area contributed by atoms with Gasteiger partial charge in [0.1, 0.15) is 0 Å². The number of nitrogens with zero attached hydrogens (tertiary/aromatic N) is 3. The van der Waals surface area contributed by atoms with Crippen molar-refractivity contribution in [3.05, 3.63) is 84.4 Å². The van der Waals surface area contributed by atoms with E-state index in [1.807, 2.05) is 48.5 Å². The lowest BCUT2D eigenvalue weighted by molar-refractivity contribution is -0.123. The summed E-state index contributed by atoms with van der Waals surface area (Å²) < 4.78 is 1.66. The standard InChI is InChI=1S/C17H16N4O/c22-17(19-13-14-7-10-18-11-8-14)16(21-12-4-9-20-21)15-5-2-1-3-6-15/h1-12,16H,13H2,(H,19,22). The number of hydrogen-bond donors (Lipinski definition) is 1. The van der Waals surface area contributed by atoms with Gasteiger partial charge in [0.25, 0.3) is 0 Å². The summed E-state index contributed by atoms with van der Waals surface area (Å²) in [5.74, 6) is -0.0910. The molecule has 0 spiro atoms. The van der Waals surface area contributed by atoms with Crippen LogP contribution in [-0.4, -0.2) is 20.7 Å². The van der Waals surface area contributed by atoms with Crippen LogP contribution in [0.4, 0.5) is 0 Å². The van der Waals surface area contributed by atoms with Crippen molar-refractivity contribution in [1.82, 2.24) is 20.1 Å². The van der Waals surface area contributed by atoms with Gasteiger partial charge in [-0.2, -0.15) is 5.10 Å². The molecule has 1 atom stereocenters. The van der Waals surface area contributed by atoms with E-state index in [-0.39, 0.29) is 5.91 Å². The molecular weight excluding hydrogens is 276 g/mol. The first kappa shape index (κ1) is 14.0. The fourth-order valence-electron chi connectivity index (χ4n) is 2.28. The van der Waals surface area contributed by atoms with Gasteiger partial charge in [-0.25, -0.2) is 0 Å². The Bertz CT molecular complexity index is 711. The minimum Gasteiger partial charge on any atom is -0.350 e. The van der Waals surface area contributed by atoms with E-state index in [9.17, 15) is 4.79 Å². The molecule has 1 amide bonds. The molecule has 1 unspecified atom stereocenters. The molecule has 0 aliphatic rings. The smallest absolute Gasteiger partial charge is 0.249 e. The summed E-state index contributed by atoms with van der Waals surface area (Å²) in [7, 11) is 0. The zero-order chi connectivity index (χ0) is 15.2. The van der Waals surface area contributed by atoms with Gasteiger partial charge in [-0.15, -0.1) is 0 Å². The Morgan fingerprint density at radius 2 is 1.82 bits per heavy atom. The van der Waals surface area contributed by atoms with Gasteiger partial charge in [0.15, 0.2) is 6.04 Å². The van der Waals surface area contributed by atoms with Gasteiger partial charge in [-0.3, -0.25) is 14.5 Å². The molecule has 0 saturated carbocycles. The van der Waals surface area contributed by atoms with E-state index < -0.39 is 6.04 Å². The summed E-state index contributed by atoms with van der Waals surface area (Å²) in [6, 6.07) is 14.7. The molecule has 3 rings (SSSR count). The minimum absolute atomic E-state index is 0.0910. The maximum Gasteiger partial charge on any atom is 0.249 e. The largest absolute Gasteiger partial charge is 0.350 e. The van der Waals surface area contributed by atoms with Crippen LogP contribution in [-0.2, 0) is 11.3 Å². The molecule has 2 aromatic heterocycles. The van der Waals surface area contributed by atoms with Crippen LogP contribution in [0.15, 0.2) is 73.3 Å². The molecule has 110 valence electrons. The van der Waals surface area contributed by atoms with E-state index in [0.717, 1.165) is 11.1 Å². The molecular formula is C17H16N4O. The molecule has 0 fully saturated rings. The van der Waals surface area contributed by atoms with Crippen LogP contribution in [0.25, 0.3) is 0 Å². The lowest BCUT2D eigenvalue weighted by Crippen LogP contribution is -2.33. The monoisotopic (exact) mass is 292 g/mol. The number of carbonyl (C=O) groups excluding carboxylic acids is 1. The second kappa shape index (κ2) is 6.67. The second-order valence-corrected chi connectivity index (χ2v) is 4.87. The van der Waals surface area contributed by atoms with E-state index >= 15 is 0 Å². The highest BCUT2D eigenvalue weighted by Crippen LogP contribution is 2.17. The van der Waals surface area contributed by atoms with Crippen LogP contribution in [0.2, 0.25) is 0 Å². The highest BCUT2D eigenvalue weighted by Gasteiger charge is 2.22. The second-order valence-electron chi connectivity index (χ2n) is 4.87. The van der Waals surface area contributed by atoms with Crippen molar-refractivity contribution < 1.29 is 4.79 Å². The Labute approximate surface area is 128 Å². The molecule has 1 N–H and O–H groups in total. The van der Waals surface area contributed by atoms with Gasteiger partial charge in [-0.05, 0) is 29.3 Å². The van der Waals surface area contributed by atoms with Gasteiger partial charge in [0.2, 0.25) is 5.91 Å². The Morgan fingerprint density at radius 1 is 1.05 bits per heavy atom. The number of amides is 1. The summed E-state index contributed by atoms with van der Waals surface area (Å²) >= 11 is 0. The van der Waals surface area contributed by atoms with Crippen LogP contribution in [0.1, 0.15) is 17.2 Å². The lowest BCUT2D eigenvalue weighted by Gasteiger charge is -2.18. The summed E-state index contributed by atoms with van der Waals surface area (Å²) in [6.45, 7) is 0.464. The molecule has 5 heteroatoms. The van der Waals surface area contributed by atoms with E-state index in [4.69, 9.17) is 0 Å². The number of carbonyl (C=O) groups is 1. The minimum atomic E-state index is -0.474. The molecule has 0 aliphatic heterocycles. The predicted octanol–water partition coefficient (Wildman–Crippen LogP) is 2.18. The molecule has 0 saturated heterocycles. The average molecular weight is 292 g/mol. The highest BCUT2D eigenvalue weighted by atomic mass is 16.2. The third kappa shape index (κ3) is 3.20. The molecule has 0 aliphatic carbocycles. The van der Waals surface area contributed by atoms with Crippen molar-refractivity contribution >= 4 is 5.91 Å². The fraction of sp³-hybridized carbons (Fsp3) is 0.118. The quantitative estimate of drug-likeness (QED) is 0.784. The van der Waals surface area contributed by atoms with Crippen molar-refractivity contribution in [3.8, 4) is 0 Å². The SMILES string of the molecule is O=C(NCc1ccncc1)C(c1ccccc1)n1cccn1. The number of nitrogens with one attached hydrogen (secondary N) is 1. The van der Waals surface area contributed by atoms with Crippen molar-refractivity contribution in [2.75, 3.05) is 0 Å². The Hall–Kier alpha value is -2.95. The van der Waals surface area contributed by atoms with Gasteiger partial charge in [-0.1, -0.05) is 30.3 Å². The molecule has 2 heterocycles. The number of benzene rings is 1. The Balaban J connectivity index is 1.79. The topological polar surface area (TPSA) is 59.8 Å². The zero-order valence-electron chi connectivity index (χ0n) is 12.0. The average Bonchev–Trinajstić information content (AvgIpc) is 3.09. The molecule has 1 aromatic carbocycles. The number of pyridine rings is 1. The van der Waals surface area contributed by atoms with Gasteiger partial charge >= 0.3 is 0 Å². The summed E-state index contributed by atoms with van der Waals surface area (Å²) in [5.41, 5.74) is 1.91. The first-order chi connectivity index (χ1) is 10.8. The first-order valence-corrected chi connectivity index (χ1v) is 7.05. The molecule has 3 aromatic rings. The van der Waals surface area contributed by atoms with Crippen LogP contribution < -0.4 is 5.32 Å². The maximum absolute atomic E-state index is 12.6. The third-order valence-electron chi connectivity index (χ3n) is 3.37. The fourth-order valence-corrected chi connectivity index (χ4v) is 2.28. The summed E-state index contributed by atoms with van der Waals surface area (Å²) in [4.78, 5) is 16.6. The van der Waals surface area contributed by atoms with Crippen molar-refractivity contribution in [2.45, 2.75) is 12.6 Å². The maximum atomic E-state index is 12.6. The van der Waals surface area contributed by atoms with Crippen LogP contribution in [0.3, 0.4) is 0 Å². The van der Waals surface area contributed by atoms with E-state index in [1.165, 1.54) is 0 Å². The number of rotatable bonds is 5. The van der Waals surface area contributed by atoms with Crippen molar-refractivity contribution in [2.24, 2.45) is 0 Å². The van der Waals surface area contributed by atoms with Crippen molar-refractivity contribution in [1.29, 1.82) is 0 Å². The predicted molar refractivity (Wildman–Crippen MR) is 82.9 cm³/mol. The lowest BCUT2D eigenvalue weighted by atomic mass is 10.1. The molecule has 0 radical (unpaired) electrons. The van der Waals surface area contributed by atoms with E-state index in [2.05, 4.69) is 15.4 Å². The molecule has 0 bridgehead atoms. The van der Waals surface area contributed by atoms with Crippen LogP contribution >= 0.6 is 0 Å². The summed E-state index contributed by atoms with van der Waals surface area (Å²) in [5, 5.41) is 7.17. The van der Waals surface area contributed by atoms with E-state index in [0.29, 0.717) is 6.54 Å². The first-order valence-electron chi connectivity index (χ1n) is 7.05.